The number of rotatable bonds is 4. The van der Waals surface area contributed by atoms with Crippen LogP contribution in [0.25, 0.3) is 0 Å². The summed E-state index contributed by atoms with van der Waals surface area (Å²) >= 11 is 0. The third-order valence-electron chi connectivity index (χ3n) is 4.78. The second-order valence-electron chi connectivity index (χ2n) is 6.58. The zero-order valence-electron chi connectivity index (χ0n) is 13.7. The minimum Gasteiger partial charge on any atom is -0.495 e. The van der Waals surface area contributed by atoms with Crippen LogP contribution in [-0.4, -0.2) is 52.2 Å². The third-order valence-corrected chi connectivity index (χ3v) is 6.60. The van der Waals surface area contributed by atoms with Crippen molar-refractivity contribution in [3.63, 3.8) is 0 Å². The second kappa shape index (κ2) is 7.09. The molecule has 1 N–H and O–H groups in total. The van der Waals surface area contributed by atoms with Crippen LogP contribution < -0.4 is 15.0 Å². The van der Waals surface area contributed by atoms with Gasteiger partial charge in [-0.25, -0.2) is 8.42 Å². The van der Waals surface area contributed by atoms with E-state index in [4.69, 9.17) is 4.74 Å². The SMILES string of the molecule is COc1ccccc1N1CCC[C@@H](N[C@H]2CCCS(=O)(=O)C2)C1. The van der Waals surface area contributed by atoms with E-state index in [-0.39, 0.29) is 11.8 Å². The fourth-order valence-electron chi connectivity index (χ4n) is 3.71. The van der Waals surface area contributed by atoms with Crippen LogP contribution in [0.15, 0.2) is 24.3 Å². The fourth-order valence-corrected chi connectivity index (χ4v) is 5.36. The minimum absolute atomic E-state index is 0.108. The van der Waals surface area contributed by atoms with Gasteiger partial charge in [-0.05, 0) is 37.8 Å². The summed E-state index contributed by atoms with van der Waals surface area (Å²) in [4.78, 5) is 2.34. The molecule has 6 heteroatoms. The van der Waals surface area contributed by atoms with Crippen molar-refractivity contribution in [1.29, 1.82) is 0 Å². The van der Waals surface area contributed by atoms with Gasteiger partial charge in [-0.1, -0.05) is 12.1 Å². The molecule has 2 heterocycles. The van der Waals surface area contributed by atoms with Crippen molar-refractivity contribution in [2.45, 2.75) is 37.8 Å². The topological polar surface area (TPSA) is 58.6 Å². The molecule has 3 rings (SSSR count). The smallest absolute Gasteiger partial charge is 0.151 e. The van der Waals surface area contributed by atoms with Crippen molar-refractivity contribution >= 4 is 15.5 Å². The van der Waals surface area contributed by atoms with Gasteiger partial charge in [0.15, 0.2) is 9.84 Å². The first kappa shape index (κ1) is 16.6. The van der Waals surface area contributed by atoms with E-state index in [1.807, 2.05) is 18.2 Å². The number of hydrogen-bond acceptors (Lipinski definition) is 5. The van der Waals surface area contributed by atoms with E-state index in [0.29, 0.717) is 11.8 Å². The van der Waals surface area contributed by atoms with Crippen LogP contribution in [0.3, 0.4) is 0 Å². The summed E-state index contributed by atoms with van der Waals surface area (Å²) in [6.07, 6.45) is 3.95. The molecule has 2 fully saturated rings. The third kappa shape index (κ3) is 4.18. The molecule has 0 unspecified atom stereocenters. The Morgan fingerprint density at radius 3 is 2.74 bits per heavy atom. The average Bonchev–Trinajstić information content (AvgIpc) is 2.54. The molecule has 0 radical (unpaired) electrons. The highest BCUT2D eigenvalue weighted by Crippen LogP contribution is 2.30. The molecule has 0 aliphatic carbocycles. The van der Waals surface area contributed by atoms with Crippen LogP contribution in [0, 0.1) is 0 Å². The normalized spacial score (nSPS) is 27.6. The lowest BCUT2D eigenvalue weighted by Gasteiger charge is -2.37. The number of anilines is 1. The molecule has 2 saturated heterocycles. The monoisotopic (exact) mass is 338 g/mol. The Kier molecular flexibility index (Phi) is 5.11. The van der Waals surface area contributed by atoms with Gasteiger partial charge in [-0.3, -0.25) is 0 Å². The van der Waals surface area contributed by atoms with Crippen LogP contribution in [0.5, 0.6) is 5.75 Å². The largest absolute Gasteiger partial charge is 0.495 e. The number of sulfone groups is 1. The van der Waals surface area contributed by atoms with Crippen molar-refractivity contribution in [2.75, 3.05) is 36.6 Å². The molecular formula is C17H26N2O3S. The standard InChI is InChI=1S/C17H26N2O3S/c1-22-17-9-3-2-8-16(17)19-10-4-6-14(12-19)18-15-7-5-11-23(20,21)13-15/h2-3,8-9,14-15,18H,4-7,10-13H2,1H3/t14-,15+/m1/s1. The second-order valence-corrected chi connectivity index (χ2v) is 8.81. The Hall–Kier alpha value is -1.27. The molecule has 23 heavy (non-hydrogen) atoms. The summed E-state index contributed by atoms with van der Waals surface area (Å²) in [5, 5.41) is 3.59. The molecule has 2 aliphatic rings. The molecule has 2 aliphatic heterocycles. The maximum Gasteiger partial charge on any atom is 0.151 e. The molecule has 0 amide bonds. The number of piperidine rings is 1. The molecule has 0 spiro atoms. The van der Waals surface area contributed by atoms with Crippen molar-refractivity contribution in [3.05, 3.63) is 24.3 Å². The van der Waals surface area contributed by atoms with Gasteiger partial charge in [-0.15, -0.1) is 0 Å². The highest BCUT2D eigenvalue weighted by atomic mass is 32.2. The maximum absolute atomic E-state index is 11.8. The van der Waals surface area contributed by atoms with E-state index < -0.39 is 9.84 Å². The first-order chi connectivity index (χ1) is 11.1. The Balaban J connectivity index is 1.64. The van der Waals surface area contributed by atoms with Gasteiger partial charge >= 0.3 is 0 Å². The molecule has 1 aromatic carbocycles. The fraction of sp³-hybridized carbons (Fsp3) is 0.647. The van der Waals surface area contributed by atoms with E-state index in [9.17, 15) is 8.42 Å². The minimum atomic E-state index is -2.86. The maximum atomic E-state index is 11.8. The molecule has 128 valence electrons. The quantitative estimate of drug-likeness (QED) is 0.908. The predicted octanol–water partition coefficient (Wildman–Crippen LogP) is 1.83. The van der Waals surface area contributed by atoms with Gasteiger partial charge in [0, 0.05) is 25.2 Å². The number of benzene rings is 1. The molecule has 2 atom stereocenters. The lowest BCUT2D eigenvalue weighted by molar-refractivity contribution is 0.363. The van der Waals surface area contributed by atoms with E-state index in [1.54, 1.807) is 7.11 Å². The summed E-state index contributed by atoms with van der Waals surface area (Å²) in [6.45, 7) is 1.92. The molecule has 0 aromatic heterocycles. The number of hydrogen-bond donors (Lipinski definition) is 1. The van der Waals surface area contributed by atoms with Crippen LogP contribution >= 0.6 is 0 Å². The molecule has 0 saturated carbocycles. The van der Waals surface area contributed by atoms with Crippen molar-refractivity contribution in [3.8, 4) is 5.75 Å². The Labute approximate surface area is 138 Å². The number of methoxy groups -OCH3 is 1. The number of nitrogens with zero attached hydrogens (tertiary/aromatic N) is 1. The highest BCUT2D eigenvalue weighted by Gasteiger charge is 2.29. The van der Waals surface area contributed by atoms with Crippen molar-refractivity contribution in [1.82, 2.24) is 5.32 Å². The van der Waals surface area contributed by atoms with Gasteiger partial charge in [0.25, 0.3) is 0 Å². The predicted molar refractivity (Wildman–Crippen MR) is 93.0 cm³/mol. The zero-order chi connectivity index (χ0) is 16.3. The van der Waals surface area contributed by atoms with Gasteiger partial charge in [0.05, 0.1) is 24.3 Å². The molecular weight excluding hydrogens is 312 g/mol. The van der Waals surface area contributed by atoms with Crippen molar-refractivity contribution < 1.29 is 13.2 Å². The molecule has 1 aromatic rings. The van der Waals surface area contributed by atoms with Gasteiger partial charge in [-0.2, -0.15) is 0 Å². The van der Waals surface area contributed by atoms with E-state index in [1.165, 1.54) is 0 Å². The number of ether oxygens (including phenoxy) is 1. The van der Waals surface area contributed by atoms with Crippen LogP contribution in [0.2, 0.25) is 0 Å². The first-order valence-electron chi connectivity index (χ1n) is 8.42. The van der Waals surface area contributed by atoms with E-state index in [0.717, 1.165) is 50.2 Å². The van der Waals surface area contributed by atoms with Gasteiger partial charge in [0.2, 0.25) is 0 Å². The number of para-hydroxylation sites is 2. The molecule has 5 nitrogen and oxygen atoms in total. The number of nitrogens with one attached hydrogen (secondary N) is 1. The van der Waals surface area contributed by atoms with E-state index >= 15 is 0 Å². The van der Waals surface area contributed by atoms with Gasteiger partial charge < -0.3 is 15.0 Å². The zero-order valence-corrected chi connectivity index (χ0v) is 14.5. The van der Waals surface area contributed by atoms with Crippen LogP contribution in [-0.2, 0) is 9.84 Å². The van der Waals surface area contributed by atoms with Crippen molar-refractivity contribution in [2.24, 2.45) is 0 Å². The highest BCUT2D eigenvalue weighted by molar-refractivity contribution is 7.91. The van der Waals surface area contributed by atoms with Crippen LogP contribution in [0.4, 0.5) is 5.69 Å². The summed E-state index contributed by atoms with van der Waals surface area (Å²) in [5.41, 5.74) is 1.12. The summed E-state index contributed by atoms with van der Waals surface area (Å²) in [6, 6.07) is 8.53. The Morgan fingerprint density at radius 2 is 1.96 bits per heavy atom. The van der Waals surface area contributed by atoms with Crippen LogP contribution in [0.1, 0.15) is 25.7 Å². The summed E-state index contributed by atoms with van der Waals surface area (Å²) < 4.78 is 29.1. The average molecular weight is 338 g/mol. The molecule has 0 bridgehead atoms. The first-order valence-corrected chi connectivity index (χ1v) is 10.2. The Morgan fingerprint density at radius 1 is 1.17 bits per heavy atom. The summed E-state index contributed by atoms with van der Waals surface area (Å²) in [5.74, 6) is 1.54. The summed E-state index contributed by atoms with van der Waals surface area (Å²) in [7, 11) is -1.16. The van der Waals surface area contributed by atoms with Gasteiger partial charge in [0.1, 0.15) is 5.75 Å². The van der Waals surface area contributed by atoms with E-state index in [2.05, 4.69) is 16.3 Å². The lowest BCUT2D eigenvalue weighted by atomic mass is 10.0. The lowest BCUT2D eigenvalue weighted by Crippen LogP contribution is -2.52. The Bertz CT molecular complexity index is 632.